The van der Waals surface area contributed by atoms with Crippen LogP contribution in [0.2, 0.25) is 0 Å². The number of amides is 2. The van der Waals surface area contributed by atoms with E-state index < -0.39 is 15.9 Å². The normalized spacial score (nSPS) is 14.2. The van der Waals surface area contributed by atoms with Crippen molar-refractivity contribution in [1.29, 1.82) is 0 Å². The number of carbonyl (C=O) groups excluding carboxylic acids is 2. The van der Waals surface area contributed by atoms with Crippen molar-refractivity contribution >= 4 is 55.8 Å². The molecule has 0 bridgehead atoms. The monoisotopic (exact) mass is 563 g/mol. The molecule has 196 valence electrons. The Morgan fingerprint density at radius 3 is 2.54 bits per heavy atom. The predicted molar refractivity (Wildman–Crippen MR) is 141 cm³/mol. The van der Waals surface area contributed by atoms with Gasteiger partial charge in [-0.15, -0.1) is 10.2 Å². The summed E-state index contributed by atoms with van der Waals surface area (Å²) in [6.07, 6.45) is 0. The van der Waals surface area contributed by atoms with E-state index in [2.05, 4.69) is 20.8 Å². The zero-order valence-electron chi connectivity index (χ0n) is 19.9. The van der Waals surface area contributed by atoms with E-state index in [9.17, 15) is 18.0 Å². The lowest BCUT2D eigenvalue weighted by atomic mass is 10.2. The predicted octanol–water partition coefficient (Wildman–Crippen LogP) is 2.94. The van der Waals surface area contributed by atoms with Gasteiger partial charge in [-0.2, -0.15) is 4.31 Å². The number of aromatic nitrogens is 2. The Kier molecular flexibility index (Phi) is 9.10. The van der Waals surface area contributed by atoms with Crippen LogP contribution in [0.4, 0.5) is 10.8 Å². The van der Waals surface area contributed by atoms with Gasteiger partial charge in [-0.1, -0.05) is 35.2 Å². The first-order chi connectivity index (χ1) is 17.9. The maximum atomic E-state index is 12.7. The number of rotatable bonds is 10. The van der Waals surface area contributed by atoms with Gasteiger partial charge in [-0.05, 0) is 43.3 Å². The molecule has 1 aliphatic rings. The molecule has 2 N–H and O–H groups in total. The highest BCUT2D eigenvalue weighted by Gasteiger charge is 2.26. The van der Waals surface area contributed by atoms with E-state index in [0.717, 1.165) is 11.3 Å². The molecule has 1 aromatic heterocycles. The van der Waals surface area contributed by atoms with E-state index in [1.165, 1.54) is 40.3 Å². The van der Waals surface area contributed by atoms with Crippen LogP contribution in [0, 0.1) is 0 Å². The van der Waals surface area contributed by atoms with Crippen molar-refractivity contribution in [2.75, 3.05) is 49.3 Å². The van der Waals surface area contributed by atoms with E-state index >= 15 is 0 Å². The zero-order chi connectivity index (χ0) is 26.3. The molecular weight excluding hydrogens is 538 g/mol. The van der Waals surface area contributed by atoms with Crippen LogP contribution >= 0.6 is 23.1 Å². The Morgan fingerprint density at radius 2 is 1.81 bits per heavy atom. The number of nitrogens with one attached hydrogen (secondary N) is 2. The van der Waals surface area contributed by atoms with E-state index in [-0.39, 0.29) is 27.3 Å². The summed E-state index contributed by atoms with van der Waals surface area (Å²) in [7, 11) is -3.64. The van der Waals surface area contributed by atoms with Crippen LogP contribution < -0.4 is 15.4 Å². The van der Waals surface area contributed by atoms with Gasteiger partial charge in [-0.25, -0.2) is 8.42 Å². The van der Waals surface area contributed by atoms with Crippen LogP contribution in [0.1, 0.15) is 17.3 Å². The van der Waals surface area contributed by atoms with Gasteiger partial charge in [0.2, 0.25) is 21.1 Å². The highest BCUT2D eigenvalue weighted by atomic mass is 32.2. The summed E-state index contributed by atoms with van der Waals surface area (Å²) in [5, 5.41) is 13.7. The summed E-state index contributed by atoms with van der Waals surface area (Å²) < 4.78 is 38.1. The molecule has 1 aliphatic heterocycles. The number of thioether (sulfide) groups is 1. The number of carbonyl (C=O) groups is 2. The largest absolute Gasteiger partial charge is 0.492 e. The van der Waals surface area contributed by atoms with E-state index in [4.69, 9.17) is 9.47 Å². The highest BCUT2D eigenvalue weighted by molar-refractivity contribution is 8.01. The molecule has 2 heterocycles. The number of hydrogen-bond donors (Lipinski definition) is 2. The Hall–Kier alpha value is -3.04. The fourth-order valence-electron chi connectivity index (χ4n) is 3.37. The maximum absolute atomic E-state index is 12.7. The first-order valence-corrected chi connectivity index (χ1v) is 14.6. The molecule has 1 fully saturated rings. The summed E-state index contributed by atoms with van der Waals surface area (Å²) in [6, 6.07) is 12.9. The zero-order valence-corrected chi connectivity index (χ0v) is 22.3. The van der Waals surface area contributed by atoms with Crippen molar-refractivity contribution < 1.29 is 27.5 Å². The lowest BCUT2D eigenvalue weighted by molar-refractivity contribution is -0.113. The van der Waals surface area contributed by atoms with Gasteiger partial charge in [0.25, 0.3) is 5.91 Å². The molecule has 2 aromatic carbocycles. The average Bonchev–Trinajstić information content (AvgIpc) is 3.36. The van der Waals surface area contributed by atoms with Crippen LogP contribution in [0.3, 0.4) is 0 Å². The van der Waals surface area contributed by atoms with Gasteiger partial charge < -0.3 is 14.8 Å². The summed E-state index contributed by atoms with van der Waals surface area (Å²) >= 11 is 2.32. The van der Waals surface area contributed by atoms with Crippen LogP contribution in [0.5, 0.6) is 5.75 Å². The van der Waals surface area contributed by atoms with Crippen LogP contribution in [0.25, 0.3) is 0 Å². The van der Waals surface area contributed by atoms with Crippen molar-refractivity contribution in [3.8, 4) is 5.75 Å². The van der Waals surface area contributed by atoms with Gasteiger partial charge in [0, 0.05) is 18.7 Å². The SMILES string of the molecule is CCOc1ccccc1NC(=O)CSc1nnc(NC(=O)c2ccc(S(=O)(=O)N3CCOCC3)cc2)s1. The Balaban J connectivity index is 1.30. The maximum Gasteiger partial charge on any atom is 0.257 e. The molecule has 11 nitrogen and oxygen atoms in total. The third-order valence-electron chi connectivity index (χ3n) is 5.14. The second-order valence-electron chi connectivity index (χ2n) is 7.63. The minimum Gasteiger partial charge on any atom is -0.492 e. The molecule has 14 heteroatoms. The molecule has 0 radical (unpaired) electrons. The van der Waals surface area contributed by atoms with Crippen molar-refractivity contribution in [1.82, 2.24) is 14.5 Å². The minimum atomic E-state index is -3.64. The third-order valence-corrected chi connectivity index (χ3v) is 9.02. The Labute approximate surface area is 222 Å². The number of anilines is 2. The number of ether oxygens (including phenoxy) is 2. The number of sulfonamides is 1. The van der Waals surface area contributed by atoms with Gasteiger partial charge in [-0.3, -0.25) is 14.9 Å². The number of nitrogens with zero attached hydrogens (tertiary/aromatic N) is 3. The standard InChI is InChI=1S/C23H25N5O6S3/c1-2-34-19-6-4-3-5-18(19)24-20(29)15-35-23-27-26-22(36-23)25-21(30)16-7-9-17(10-8-16)37(31,32)28-11-13-33-14-12-28/h3-10H,2,11-15H2,1H3,(H,24,29)(H,25,26,30). The molecule has 3 aromatic rings. The van der Waals surface area contributed by atoms with Crippen molar-refractivity contribution in [3.05, 3.63) is 54.1 Å². The summed E-state index contributed by atoms with van der Waals surface area (Å²) in [5.74, 6) is 0.0108. The molecule has 0 spiro atoms. The van der Waals surface area contributed by atoms with Crippen molar-refractivity contribution in [2.24, 2.45) is 0 Å². The minimum absolute atomic E-state index is 0.0993. The molecule has 0 atom stereocenters. The van der Waals surface area contributed by atoms with E-state index in [1.807, 2.05) is 19.1 Å². The summed E-state index contributed by atoms with van der Waals surface area (Å²) in [4.78, 5) is 25.1. The van der Waals surface area contributed by atoms with Gasteiger partial charge in [0.05, 0.1) is 36.2 Å². The summed E-state index contributed by atoms with van der Waals surface area (Å²) in [6.45, 7) is 3.65. The van der Waals surface area contributed by atoms with Gasteiger partial charge in [0.15, 0.2) is 4.34 Å². The van der Waals surface area contributed by atoms with E-state index in [0.29, 0.717) is 48.7 Å². The van der Waals surface area contributed by atoms with Gasteiger partial charge in [0.1, 0.15) is 5.75 Å². The first kappa shape index (κ1) is 27.0. The fraction of sp³-hybridized carbons (Fsp3) is 0.304. The smallest absolute Gasteiger partial charge is 0.257 e. The lowest BCUT2D eigenvalue weighted by Crippen LogP contribution is -2.40. The molecular formula is C23H25N5O6S3. The molecule has 2 amide bonds. The van der Waals surface area contributed by atoms with Crippen LogP contribution in [-0.4, -0.2) is 73.4 Å². The molecule has 0 saturated carbocycles. The molecule has 0 aliphatic carbocycles. The molecule has 37 heavy (non-hydrogen) atoms. The number of hydrogen-bond acceptors (Lipinski definition) is 10. The second kappa shape index (κ2) is 12.5. The number of morpholine rings is 1. The molecule has 1 saturated heterocycles. The average molecular weight is 564 g/mol. The van der Waals surface area contributed by atoms with Gasteiger partial charge >= 0.3 is 0 Å². The first-order valence-electron chi connectivity index (χ1n) is 11.3. The molecule has 0 unspecified atom stereocenters. The Bertz CT molecular complexity index is 1340. The quantitative estimate of drug-likeness (QED) is 0.281. The van der Waals surface area contributed by atoms with Crippen LogP contribution in [-0.2, 0) is 19.6 Å². The highest BCUT2D eigenvalue weighted by Crippen LogP contribution is 2.28. The lowest BCUT2D eigenvalue weighted by Gasteiger charge is -2.26. The van der Waals surface area contributed by atoms with E-state index in [1.54, 1.807) is 12.1 Å². The van der Waals surface area contributed by atoms with Crippen LogP contribution in [0.15, 0.2) is 57.8 Å². The topological polar surface area (TPSA) is 140 Å². The molecule has 4 rings (SSSR count). The number of para-hydroxylation sites is 2. The third kappa shape index (κ3) is 7.05. The van der Waals surface area contributed by atoms with Crippen molar-refractivity contribution in [2.45, 2.75) is 16.2 Å². The fourth-order valence-corrected chi connectivity index (χ4v) is 6.32. The summed E-state index contributed by atoms with van der Waals surface area (Å²) in [5.41, 5.74) is 0.863. The second-order valence-corrected chi connectivity index (χ2v) is 11.8. The number of benzene rings is 2. The Morgan fingerprint density at radius 1 is 1.08 bits per heavy atom. The van der Waals surface area contributed by atoms with Crippen molar-refractivity contribution in [3.63, 3.8) is 0 Å².